The normalized spacial score (nSPS) is 17.9. The van der Waals surface area contributed by atoms with Crippen LogP contribution < -0.4 is 9.47 Å². The van der Waals surface area contributed by atoms with Gasteiger partial charge in [-0.3, -0.25) is 0 Å². The first-order valence-electron chi connectivity index (χ1n) is 3.75. The molecule has 12 heavy (non-hydrogen) atoms. The van der Waals surface area contributed by atoms with Crippen LogP contribution in [0.1, 0.15) is 13.8 Å². The van der Waals surface area contributed by atoms with Crippen molar-refractivity contribution >= 4 is 11.6 Å². The van der Waals surface area contributed by atoms with E-state index in [9.17, 15) is 0 Å². The number of rotatable bonds is 0. The highest BCUT2D eigenvalue weighted by Crippen LogP contribution is 2.43. The van der Waals surface area contributed by atoms with Crippen molar-refractivity contribution in [1.82, 2.24) is 0 Å². The average Bonchev–Trinajstić information content (AvgIpc) is 2.25. The van der Waals surface area contributed by atoms with Crippen LogP contribution in [0.5, 0.6) is 11.5 Å². The van der Waals surface area contributed by atoms with E-state index in [-0.39, 0.29) is 0 Å². The van der Waals surface area contributed by atoms with E-state index in [0.717, 1.165) is 0 Å². The van der Waals surface area contributed by atoms with E-state index in [2.05, 4.69) is 0 Å². The molecule has 0 saturated carbocycles. The van der Waals surface area contributed by atoms with Gasteiger partial charge in [-0.1, -0.05) is 17.7 Å². The second kappa shape index (κ2) is 2.30. The Morgan fingerprint density at radius 3 is 2.67 bits per heavy atom. The fraction of sp³-hybridized carbons (Fsp3) is 0.333. The molecule has 1 aliphatic rings. The topological polar surface area (TPSA) is 18.5 Å². The number of hydrogen-bond donors (Lipinski definition) is 0. The van der Waals surface area contributed by atoms with Crippen LogP contribution in [-0.2, 0) is 0 Å². The summed E-state index contributed by atoms with van der Waals surface area (Å²) in [4.78, 5) is 0. The van der Waals surface area contributed by atoms with Crippen LogP contribution in [0.15, 0.2) is 18.2 Å². The predicted molar refractivity (Wildman–Crippen MR) is 46.8 cm³/mol. The van der Waals surface area contributed by atoms with Crippen LogP contribution in [0.3, 0.4) is 0 Å². The van der Waals surface area contributed by atoms with Crippen molar-refractivity contribution in [3.05, 3.63) is 23.2 Å². The lowest BCUT2D eigenvalue weighted by Gasteiger charge is -2.16. The Labute approximate surface area is 76.1 Å². The Morgan fingerprint density at radius 1 is 1.25 bits per heavy atom. The number of fused-ring (bicyclic) bond motifs is 1. The van der Waals surface area contributed by atoms with Gasteiger partial charge in [-0.25, -0.2) is 0 Å². The zero-order chi connectivity index (χ0) is 8.77. The second-order valence-electron chi connectivity index (χ2n) is 3.17. The van der Waals surface area contributed by atoms with E-state index in [4.69, 9.17) is 21.1 Å². The quantitative estimate of drug-likeness (QED) is 0.617. The minimum atomic E-state index is -0.590. The van der Waals surface area contributed by atoms with E-state index in [1.807, 2.05) is 26.0 Å². The van der Waals surface area contributed by atoms with Crippen LogP contribution in [0.2, 0.25) is 5.02 Å². The van der Waals surface area contributed by atoms with E-state index >= 15 is 0 Å². The Morgan fingerprint density at radius 2 is 2.00 bits per heavy atom. The summed E-state index contributed by atoms with van der Waals surface area (Å²) in [5, 5.41) is 0.595. The smallest absolute Gasteiger partial charge is 0.246 e. The molecule has 0 spiro atoms. The molecule has 0 radical (unpaired) electrons. The summed E-state index contributed by atoms with van der Waals surface area (Å²) in [6.45, 7) is 3.70. The van der Waals surface area contributed by atoms with Gasteiger partial charge in [-0.15, -0.1) is 0 Å². The van der Waals surface area contributed by atoms with Crippen molar-refractivity contribution < 1.29 is 9.47 Å². The number of halogens is 1. The Bertz CT molecular complexity index is 320. The SMILES string of the molecule is CC1(C)Oc2cccc(Cl)c2O1. The van der Waals surface area contributed by atoms with Gasteiger partial charge in [0.2, 0.25) is 5.79 Å². The fourth-order valence-electron chi connectivity index (χ4n) is 1.20. The maximum atomic E-state index is 5.89. The first-order valence-corrected chi connectivity index (χ1v) is 4.13. The van der Waals surface area contributed by atoms with E-state index in [0.29, 0.717) is 16.5 Å². The zero-order valence-electron chi connectivity index (χ0n) is 6.93. The molecule has 0 unspecified atom stereocenters. The average molecular weight is 185 g/mol. The Balaban J connectivity index is 2.48. The Hall–Kier alpha value is -0.890. The van der Waals surface area contributed by atoms with Gasteiger partial charge in [-0.05, 0) is 12.1 Å². The van der Waals surface area contributed by atoms with Crippen LogP contribution in [-0.4, -0.2) is 5.79 Å². The van der Waals surface area contributed by atoms with Crippen LogP contribution in [0.25, 0.3) is 0 Å². The van der Waals surface area contributed by atoms with Crippen LogP contribution >= 0.6 is 11.6 Å². The summed E-state index contributed by atoms with van der Waals surface area (Å²) in [5.41, 5.74) is 0. The third kappa shape index (κ3) is 1.12. The van der Waals surface area contributed by atoms with Gasteiger partial charge in [0, 0.05) is 13.8 Å². The molecule has 0 aromatic heterocycles. The summed E-state index contributed by atoms with van der Waals surface area (Å²) in [6, 6.07) is 5.47. The van der Waals surface area contributed by atoms with Crippen molar-refractivity contribution in [3.63, 3.8) is 0 Å². The van der Waals surface area contributed by atoms with Crippen LogP contribution in [0.4, 0.5) is 0 Å². The maximum absolute atomic E-state index is 5.89. The first kappa shape index (κ1) is 7.74. The van der Waals surface area contributed by atoms with Gasteiger partial charge in [0.25, 0.3) is 0 Å². The minimum Gasteiger partial charge on any atom is -0.449 e. The summed E-state index contributed by atoms with van der Waals surface area (Å²) in [6.07, 6.45) is 0. The molecule has 64 valence electrons. The third-order valence-electron chi connectivity index (χ3n) is 1.63. The highest BCUT2D eigenvalue weighted by atomic mass is 35.5. The maximum Gasteiger partial charge on any atom is 0.246 e. The zero-order valence-corrected chi connectivity index (χ0v) is 7.68. The summed E-state index contributed by atoms with van der Waals surface area (Å²) < 4.78 is 10.9. The first-order chi connectivity index (χ1) is 5.58. The molecule has 0 atom stereocenters. The molecule has 0 bridgehead atoms. The molecule has 0 amide bonds. The minimum absolute atomic E-state index is 0.590. The number of ether oxygens (including phenoxy) is 2. The van der Waals surface area contributed by atoms with Gasteiger partial charge in [0.05, 0.1) is 5.02 Å². The van der Waals surface area contributed by atoms with Crippen LogP contribution in [0, 0.1) is 0 Å². The summed E-state index contributed by atoms with van der Waals surface area (Å²) in [7, 11) is 0. The summed E-state index contributed by atoms with van der Waals surface area (Å²) in [5.74, 6) is 0.768. The summed E-state index contributed by atoms with van der Waals surface area (Å²) >= 11 is 5.89. The standard InChI is InChI=1S/C9H9ClO2/c1-9(2)11-7-5-3-4-6(10)8(7)12-9/h3-5H,1-2H3. The molecule has 3 heteroatoms. The number of hydrogen-bond acceptors (Lipinski definition) is 2. The van der Waals surface area contributed by atoms with Gasteiger partial charge >= 0.3 is 0 Å². The molecular formula is C9H9ClO2. The van der Waals surface area contributed by atoms with Gasteiger partial charge < -0.3 is 9.47 Å². The molecule has 0 saturated heterocycles. The van der Waals surface area contributed by atoms with Crippen molar-refractivity contribution in [2.45, 2.75) is 19.6 Å². The molecule has 2 nitrogen and oxygen atoms in total. The predicted octanol–water partition coefficient (Wildman–Crippen LogP) is 2.85. The third-order valence-corrected chi connectivity index (χ3v) is 1.93. The Kier molecular flexibility index (Phi) is 1.48. The second-order valence-corrected chi connectivity index (χ2v) is 3.58. The molecular weight excluding hydrogens is 176 g/mol. The molecule has 1 heterocycles. The lowest BCUT2D eigenvalue weighted by molar-refractivity contribution is -0.0431. The van der Waals surface area contributed by atoms with E-state index in [1.54, 1.807) is 6.07 Å². The molecule has 0 fully saturated rings. The highest BCUT2D eigenvalue weighted by Gasteiger charge is 2.32. The largest absolute Gasteiger partial charge is 0.449 e. The molecule has 2 rings (SSSR count). The van der Waals surface area contributed by atoms with Crippen molar-refractivity contribution in [1.29, 1.82) is 0 Å². The lowest BCUT2D eigenvalue weighted by Crippen LogP contribution is -2.29. The molecule has 0 aliphatic carbocycles. The fourth-order valence-corrected chi connectivity index (χ4v) is 1.40. The number of benzene rings is 1. The number of para-hydroxylation sites is 1. The molecule has 0 N–H and O–H groups in total. The lowest BCUT2D eigenvalue weighted by atomic mass is 10.3. The van der Waals surface area contributed by atoms with Gasteiger partial charge in [-0.2, -0.15) is 0 Å². The molecule has 1 aromatic rings. The molecule has 1 aliphatic heterocycles. The van der Waals surface area contributed by atoms with Crippen molar-refractivity contribution in [3.8, 4) is 11.5 Å². The van der Waals surface area contributed by atoms with E-state index < -0.39 is 5.79 Å². The van der Waals surface area contributed by atoms with Crippen molar-refractivity contribution in [2.24, 2.45) is 0 Å². The monoisotopic (exact) mass is 184 g/mol. The van der Waals surface area contributed by atoms with Crippen molar-refractivity contribution in [2.75, 3.05) is 0 Å². The highest BCUT2D eigenvalue weighted by molar-refractivity contribution is 6.32. The van der Waals surface area contributed by atoms with Gasteiger partial charge in [0.15, 0.2) is 11.5 Å². The van der Waals surface area contributed by atoms with Gasteiger partial charge in [0.1, 0.15) is 0 Å². The van der Waals surface area contributed by atoms with E-state index in [1.165, 1.54) is 0 Å². The molecule has 1 aromatic carbocycles.